The predicted octanol–water partition coefficient (Wildman–Crippen LogP) is 4.15. The zero-order valence-corrected chi connectivity index (χ0v) is 14.3. The molecule has 108 valence electrons. The van der Waals surface area contributed by atoms with Crippen molar-refractivity contribution in [3.05, 3.63) is 33.1 Å². The van der Waals surface area contributed by atoms with E-state index in [4.69, 9.17) is 0 Å². The van der Waals surface area contributed by atoms with Crippen LogP contribution < -0.4 is 10.2 Å². The van der Waals surface area contributed by atoms with Gasteiger partial charge in [0.05, 0.1) is 11.0 Å². The molecular formula is C14H19BrN4S. The summed E-state index contributed by atoms with van der Waals surface area (Å²) in [5.74, 6) is 1.60. The van der Waals surface area contributed by atoms with Gasteiger partial charge in [-0.15, -0.1) is 11.3 Å². The molecule has 0 bridgehead atoms. The summed E-state index contributed by atoms with van der Waals surface area (Å²) in [7, 11) is 0. The van der Waals surface area contributed by atoms with E-state index in [1.165, 1.54) is 4.88 Å². The van der Waals surface area contributed by atoms with Crippen molar-refractivity contribution in [2.24, 2.45) is 0 Å². The van der Waals surface area contributed by atoms with Crippen molar-refractivity contribution in [3.8, 4) is 0 Å². The minimum Gasteiger partial charge on any atom is -0.354 e. The average Bonchev–Trinajstić information content (AvgIpc) is 2.91. The van der Waals surface area contributed by atoms with Crippen LogP contribution in [0.25, 0.3) is 0 Å². The van der Waals surface area contributed by atoms with E-state index in [2.05, 4.69) is 67.5 Å². The SMILES string of the molecule is CCNc1ncc(Br)c(N(Cc2cccs2)C(C)C)n1. The second kappa shape index (κ2) is 7.04. The van der Waals surface area contributed by atoms with Gasteiger partial charge in [0, 0.05) is 23.7 Å². The molecule has 0 saturated heterocycles. The van der Waals surface area contributed by atoms with E-state index in [0.717, 1.165) is 23.4 Å². The Kier molecular flexibility index (Phi) is 5.37. The molecule has 0 aliphatic rings. The number of anilines is 2. The zero-order chi connectivity index (χ0) is 14.5. The summed E-state index contributed by atoms with van der Waals surface area (Å²) in [4.78, 5) is 12.5. The number of nitrogens with zero attached hydrogens (tertiary/aromatic N) is 3. The molecule has 1 N–H and O–H groups in total. The van der Waals surface area contributed by atoms with E-state index in [1.54, 1.807) is 11.3 Å². The van der Waals surface area contributed by atoms with Crippen LogP contribution in [-0.2, 0) is 6.54 Å². The van der Waals surface area contributed by atoms with Crippen molar-refractivity contribution in [2.75, 3.05) is 16.8 Å². The van der Waals surface area contributed by atoms with E-state index < -0.39 is 0 Å². The first-order chi connectivity index (χ1) is 9.61. The monoisotopic (exact) mass is 354 g/mol. The summed E-state index contributed by atoms with van der Waals surface area (Å²) in [5, 5.41) is 5.26. The molecule has 2 rings (SSSR count). The van der Waals surface area contributed by atoms with Crippen molar-refractivity contribution in [2.45, 2.75) is 33.4 Å². The van der Waals surface area contributed by atoms with Gasteiger partial charge in [0.15, 0.2) is 0 Å². The highest BCUT2D eigenvalue weighted by Gasteiger charge is 2.17. The van der Waals surface area contributed by atoms with Crippen molar-refractivity contribution in [1.29, 1.82) is 0 Å². The Morgan fingerprint density at radius 1 is 1.45 bits per heavy atom. The highest BCUT2D eigenvalue weighted by atomic mass is 79.9. The van der Waals surface area contributed by atoms with Gasteiger partial charge < -0.3 is 10.2 Å². The van der Waals surface area contributed by atoms with Gasteiger partial charge in [-0.25, -0.2) is 4.98 Å². The number of hydrogen-bond acceptors (Lipinski definition) is 5. The van der Waals surface area contributed by atoms with E-state index in [-0.39, 0.29) is 0 Å². The molecule has 0 amide bonds. The molecule has 0 fully saturated rings. The van der Waals surface area contributed by atoms with Gasteiger partial charge in [-0.3, -0.25) is 0 Å². The van der Waals surface area contributed by atoms with Gasteiger partial charge in [0.2, 0.25) is 5.95 Å². The lowest BCUT2D eigenvalue weighted by Gasteiger charge is -2.28. The second-order valence-corrected chi connectivity index (χ2v) is 6.58. The fourth-order valence-corrected chi connectivity index (χ4v) is 3.00. The summed E-state index contributed by atoms with van der Waals surface area (Å²) in [6.07, 6.45) is 1.81. The third-order valence-electron chi connectivity index (χ3n) is 2.86. The zero-order valence-electron chi connectivity index (χ0n) is 11.9. The van der Waals surface area contributed by atoms with Gasteiger partial charge in [-0.1, -0.05) is 6.07 Å². The van der Waals surface area contributed by atoms with Crippen LogP contribution in [-0.4, -0.2) is 22.6 Å². The molecule has 0 atom stereocenters. The normalized spacial score (nSPS) is 10.8. The standard InChI is InChI=1S/C14H19BrN4S/c1-4-16-14-17-8-12(15)13(18-14)19(10(2)3)9-11-6-5-7-20-11/h5-8,10H,4,9H2,1-3H3,(H,16,17,18). The van der Waals surface area contributed by atoms with Gasteiger partial charge in [0.25, 0.3) is 0 Å². The maximum absolute atomic E-state index is 4.63. The Balaban J connectivity index is 2.30. The van der Waals surface area contributed by atoms with Crippen LogP contribution in [0.5, 0.6) is 0 Å². The molecule has 0 spiro atoms. The van der Waals surface area contributed by atoms with Crippen LogP contribution in [0.3, 0.4) is 0 Å². The number of halogens is 1. The Morgan fingerprint density at radius 2 is 2.25 bits per heavy atom. The molecule has 0 aliphatic heterocycles. The number of thiophene rings is 1. The maximum atomic E-state index is 4.63. The molecule has 20 heavy (non-hydrogen) atoms. The quantitative estimate of drug-likeness (QED) is 0.845. The molecule has 2 aromatic rings. The van der Waals surface area contributed by atoms with Crippen LogP contribution in [0.1, 0.15) is 25.6 Å². The van der Waals surface area contributed by atoms with E-state index in [0.29, 0.717) is 12.0 Å². The molecule has 2 aromatic heterocycles. The van der Waals surface area contributed by atoms with Crippen LogP contribution in [0, 0.1) is 0 Å². The van der Waals surface area contributed by atoms with Gasteiger partial charge in [-0.05, 0) is 48.1 Å². The maximum Gasteiger partial charge on any atom is 0.224 e. The molecule has 2 heterocycles. The van der Waals surface area contributed by atoms with Crippen molar-refractivity contribution < 1.29 is 0 Å². The Labute approximate surface area is 132 Å². The van der Waals surface area contributed by atoms with E-state index >= 15 is 0 Å². The van der Waals surface area contributed by atoms with E-state index in [1.807, 2.05) is 13.1 Å². The highest BCUT2D eigenvalue weighted by molar-refractivity contribution is 9.10. The molecular weight excluding hydrogens is 336 g/mol. The molecule has 4 nitrogen and oxygen atoms in total. The fraction of sp³-hybridized carbons (Fsp3) is 0.429. The number of aromatic nitrogens is 2. The number of hydrogen-bond donors (Lipinski definition) is 1. The first-order valence-electron chi connectivity index (χ1n) is 6.67. The van der Waals surface area contributed by atoms with Crippen LogP contribution in [0.4, 0.5) is 11.8 Å². The lowest BCUT2D eigenvalue weighted by molar-refractivity contribution is 0.674. The van der Waals surface area contributed by atoms with Crippen LogP contribution in [0.15, 0.2) is 28.2 Å². The highest BCUT2D eigenvalue weighted by Crippen LogP contribution is 2.28. The first-order valence-corrected chi connectivity index (χ1v) is 8.34. The summed E-state index contributed by atoms with van der Waals surface area (Å²) in [6.45, 7) is 8.06. The molecule has 0 aromatic carbocycles. The fourth-order valence-electron chi connectivity index (χ4n) is 1.88. The Hall–Kier alpha value is -1.14. The van der Waals surface area contributed by atoms with Crippen LogP contribution in [0.2, 0.25) is 0 Å². The van der Waals surface area contributed by atoms with E-state index in [9.17, 15) is 0 Å². The summed E-state index contributed by atoms with van der Waals surface area (Å²) >= 11 is 5.33. The molecule has 0 aliphatic carbocycles. The minimum absolute atomic E-state index is 0.359. The number of rotatable bonds is 6. The number of nitrogens with one attached hydrogen (secondary N) is 1. The predicted molar refractivity (Wildman–Crippen MR) is 89.5 cm³/mol. The van der Waals surface area contributed by atoms with Gasteiger partial charge in [0.1, 0.15) is 5.82 Å². The Bertz CT molecular complexity index is 542. The smallest absolute Gasteiger partial charge is 0.224 e. The third-order valence-corrected chi connectivity index (χ3v) is 4.28. The lowest BCUT2D eigenvalue weighted by Crippen LogP contribution is -2.31. The third kappa shape index (κ3) is 3.70. The summed E-state index contributed by atoms with van der Waals surface area (Å²) in [6, 6.07) is 4.59. The van der Waals surface area contributed by atoms with Crippen molar-refractivity contribution in [3.63, 3.8) is 0 Å². The first kappa shape index (κ1) is 15.3. The van der Waals surface area contributed by atoms with Gasteiger partial charge in [-0.2, -0.15) is 4.98 Å². The molecule has 0 unspecified atom stereocenters. The van der Waals surface area contributed by atoms with Crippen molar-refractivity contribution >= 4 is 39.0 Å². The topological polar surface area (TPSA) is 41.1 Å². The molecule has 0 radical (unpaired) electrons. The summed E-state index contributed by atoms with van der Waals surface area (Å²) in [5.41, 5.74) is 0. The second-order valence-electron chi connectivity index (χ2n) is 4.70. The lowest BCUT2D eigenvalue weighted by atomic mass is 10.3. The largest absolute Gasteiger partial charge is 0.354 e. The molecule has 6 heteroatoms. The van der Waals surface area contributed by atoms with Gasteiger partial charge >= 0.3 is 0 Å². The van der Waals surface area contributed by atoms with Crippen molar-refractivity contribution in [1.82, 2.24) is 9.97 Å². The summed E-state index contributed by atoms with van der Waals surface area (Å²) < 4.78 is 0.921. The average molecular weight is 355 g/mol. The minimum atomic E-state index is 0.359. The van der Waals surface area contributed by atoms with Crippen LogP contribution >= 0.6 is 27.3 Å². The molecule has 0 saturated carbocycles. The Morgan fingerprint density at radius 3 is 2.85 bits per heavy atom.